The van der Waals surface area contributed by atoms with E-state index in [0.717, 1.165) is 25.0 Å². The summed E-state index contributed by atoms with van der Waals surface area (Å²) >= 11 is 5.72. The van der Waals surface area contributed by atoms with Gasteiger partial charge in [0.25, 0.3) is 0 Å². The Morgan fingerprint density at radius 2 is 2.00 bits per heavy atom. The first kappa shape index (κ1) is 12.8. The molecule has 0 N–H and O–H groups in total. The van der Waals surface area contributed by atoms with Gasteiger partial charge >= 0.3 is 0 Å². The van der Waals surface area contributed by atoms with Gasteiger partial charge in [0.05, 0.1) is 11.6 Å². The summed E-state index contributed by atoms with van der Waals surface area (Å²) in [6, 6.07) is 0. The fourth-order valence-corrected chi connectivity index (χ4v) is 0.902. The standard InChI is InChI=1S/C10H20ClNO/c1-5-6-7-9(8-11)12-13-10(2,3)4/h5-8H2,1-4H3. The molecule has 0 heterocycles. The molecule has 0 saturated carbocycles. The van der Waals surface area contributed by atoms with Gasteiger partial charge in [-0.1, -0.05) is 18.5 Å². The molecule has 0 fully saturated rings. The van der Waals surface area contributed by atoms with E-state index < -0.39 is 0 Å². The predicted octanol–water partition coefficient (Wildman–Crippen LogP) is 3.59. The van der Waals surface area contributed by atoms with Gasteiger partial charge in [-0.2, -0.15) is 0 Å². The minimum atomic E-state index is -0.219. The molecule has 0 spiro atoms. The molecule has 2 nitrogen and oxygen atoms in total. The molecule has 0 bridgehead atoms. The Bertz CT molecular complexity index is 161. The molecule has 0 rings (SSSR count). The zero-order valence-corrected chi connectivity index (χ0v) is 9.82. The second kappa shape index (κ2) is 6.25. The predicted molar refractivity (Wildman–Crippen MR) is 58.5 cm³/mol. The van der Waals surface area contributed by atoms with Crippen LogP contribution in [0.2, 0.25) is 0 Å². The fraction of sp³-hybridized carbons (Fsp3) is 0.900. The van der Waals surface area contributed by atoms with Crippen molar-refractivity contribution in [2.75, 3.05) is 5.88 Å². The summed E-state index contributed by atoms with van der Waals surface area (Å²) in [5.74, 6) is 0.468. The summed E-state index contributed by atoms with van der Waals surface area (Å²) < 4.78 is 0. The Morgan fingerprint density at radius 1 is 1.38 bits per heavy atom. The first-order valence-corrected chi connectivity index (χ1v) is 5.33. The van der Waals surface area contributed by atoms with Crippen molar-refractivity contribution in [3.05, 3.63) is 0 Å². The Labute approximate surface area is 86.3 Å². The molecule has 0 aliphatic heterocycles. The first-order chi connectivity index (χ1) is 5.99. The third-order valence-corrected chi connectivity index (χ3v) is 1.73. The lowest BCUT2D eigenvalue weighted by atomic mass is 10.2. The minimum Gasteiger partial charge on any atom is -0.390 e. The average molecular weight is 206 g/mol. The van der Waals surface area contributed by atoms with Gasteiger partial charge < -0.3 is 4.84 Å². The van der Waals surface area contributed by atoms with Crippen LogP contribution in [-0.2, 0) is 4.84 Å². The first-order valence-electron chi connectivity index (χ1n) is 4.79. The highest BCUT2D eigenvalue weighted by Gasteiger charge is 2.10. The second-order valence-corrected chi connectivity index (χ2v) is 4.37. The highest BCUT2D eigenvalue weighted by Crippen LogP contribution is 2.09. The van der Waals surface area contributed by atoms with Gasteiger partial charge in [0.2, 0.25) is 0 Å². The van der Waals surface area contributed by atoms with Crippen molar-refractivity contribution >= 4 is 17.3 Å². The van der Waals surface area contributed by atoms with Crippen LogP contribution in [0.25, 0.3) is 0 Å². The molecule has 0 amide bonds. The summed E-state index contributed by atoms with van der Waals surface area (Å²) in [7, 11) is 0. The smallest absolute Gasteiger partial charge is 0.129 e. The maximum Gasteiger partial charge on any atom is 0.129 e. The molecule has 0 aliphatic carbocycles. The van der Waals surface area contributed by atoms with Crippen LogP contribution in [0.4, 0.5) is 0 Å². The van der Waals surface area contributed by atoms with Crippen molar-refractivity contribution in [2.45, 2.75) is 52.6 Å². The highest BCUT2D eigenvalue weighted by atomic mass is 35.5. The lowest BCUT2D eigenvalue weighted by molar-refractivity contribution is 0.000487. The summed E-state index contributed by atoms with van der Waals surface area (Å²) in [5.41, 5.74) is 0.724. The number of rotatable bonds is 5. The average Bonchev–Trinajstić information content (AvgIpc) is 2.03. The van der Waals surface area contributed by atoms with Gasteiger partial charge in [0.15, 0.2) is 0 Å². The van der Waals surface area contributed by atoms with Gasteiger partial charge in [-0.05, 0) is 33.6 Å². The fourth-order valence-electron chi connectivity index (χ4n) is 0.719. The van der Waals surface area contributed by atoms with E-state index in [9.17, 15) is 0 Å². The molecule has 78 valence electrons. The number of unbranched alkanes of at least 4 members (excludes halogenated alkanes) is 1. The van der Waals surface area contributed by atoms with E-state index in [2.05, 4.69) is 12.1 Å². The number of oxime groups is 1. The lowest BCUT2D eigenvalue weighted by Crippen LogP contribution is -2.17. The molecule has 0 unspecified atom stereocenters. The van der Waals surface area contributed by atoms with Crippen molar-refractivity contribution in [2.24, 2.45) is 5.16 Å². The van der Waals surface area contributed by atoms with Crippen molar-refractivity contribution in [3.8, 4) is 0 Å². The quantitative estimate of drug-likeness (QED) is 0.382. The summed E-state index contributed by atoms with van der Waals surface area (Å²) in [4.78, 5) is 5.28. The van der Waals surface area contributed by atoms with Crippen LogP contribution in [-0.4, -0.2) is 17.2 Å². The Kier molecular flexibility index (Phi) is 6.13. The number of halogens is 1. The molecule has 3 heteroatoms. The van der Waals surface area contributed by atoms with Crippen LogP contribution in [0.5, 0.6) is 0 Å². The van der Waals surface area contributed by atoms with E-state index in [1.165, 1.54) is 0 Å². The largest absolute Gasteiger partial charge is 0.390 e. The molecule has 0 aliphatic rings. The van der Waals surface area contributed by atoms with Crippen LogP contribution < -0.4 is 0 Å². The van der Waals surface area contributed by atoms with Crippen molar-refractivity contribution < 1.29 is 4.84 Å². The van der Waals surface area contributed by atoms with Crippen molar-refractivity contribution in [3.63, 3.8) is 0 Å². The molecule has 0 aromatic heterocycles. The molecule has 0 aromatic carbocycles. The van der Waals surface area contributed by atoms with Crippen LogP contribution >= 0.6 is 11.6 Å². The normalized spacial score (nSPS) is 13.2. The molecule has 0 aromatic rings. The third-order valence-electron chi connectivity index (χ3n) is 1.42. The second-order valence-electron chi connectivity index (χ2n) is 4.10. The van der Waals surface area contributed by atoms with Gasteiger partial charge in [0, 0.05) is 0 Å². The van der Waals surface area contributed by atoms with E-state index >= 15 is 0 Å². The SMILES string of the molecule is CCCCC(CCl)=NOC(C)(C)C. The lowest BCUT2D eigenvalue weighted by Gasteiger charge is -2.16. The monoisotopic (exact) mass is 205 g/mol. The zero-order valence-electron chi connectivity index (χ0n) is 9.06. The maximum absolute atomic E-state index is 5.72. The van der Waals surface area contributed by atoms with Gasteiger partial charge in [-0.15, -0.1) is 11.6 Å². The van der Waals surface area contributed by atoms with E-state index in [1.54, 1.807) is 0 Å². The molecule has 0 atom stereocenters. The minimum absolute atomic E-state index is 0.219. The van der Waals surface area contributed by atoms with Crippen molar-refractivity contribution in [1.82, 2.24) is 0 Å². The van der Waals surface area contributed by atoms with Crippen LogP contribution in [0.15, 0.2) is 5.16 Å². The topological polar surface area (TPSA) is 21.6 Å². The van der Waals surface area contributed by atoms with Crippen molar-refractivity contribution in [1.29, 1.82) is 0 Å². The number of alkyl halides is 1. The zero-order chi connectivity index (χ0) is 10.3. The van der Waals surface area contributed by atoms with E-state index in [-0.39, 0.29) is 5.60 Å². The number of nitrogens with zero attached hydrogens (tertiary/aromatic N) is 1. The molecule has 0 saturated heterocycles. The highest BCUT2D eigenvalue weighted by molar-refractivity contribution is 6.28. The summed E-state index contributed by atoms with van der Waals surface area (Å²) in [5, 5.41) is 4.04. The van der Waals surface area contributed by atoms with Gasteiger partial charge in [0.1, 0.15) is 5.60 Å². The summed E-state index contributed by atoms with van der Waals surface area (Å²) in [6.45, 7) is 8.07. The molecular formula is C10H20ClNO. The van der Waals surface area contributed by atoms with E-state index in [1.807, 2.05) is 20.8 Å². The van der Waals surface area contributed by atoms with Gasteiger partial charge in [-0.3, -0.25) is 0 Å². The van der Waals surface area contributed by atoms with E-state index in [0.29, 0.717) is 5.88 Å². The molecule has 13 heavy (non-hydrogen) atoms. The third kappa shape index (κ3) is 8.10. The van der Waals surface area contributed by atoms with Gasteiger partial charge in [-0.25, -0.2) is 0 Å². The summed E-state index contributed by atoms with van der Waals surface area (Å²) in [6.07, 6.45) is 3.22. The van der Waals surface area contributed by atoms with E-state index in [4.69, 9.17) is 16.4 Å². The molecule has 0 radical (unpaired) electrons. The Hall–Kier alpha value is -0.240. The van der Waals surface area contributed by atoms with Crippen LogP contribution in [0.3, 0.4) is 0 Å². The molecular weight excluding hydrogens is 186 g/mol. The number of hydrogen-bond donors (Lipinski definition) is 0. The maximum atomic E-state index is 5.72. The number of hydrogen-bond acceptors (Lipinski definition) is 2. The Balaban J connectivity index is 3.92. The van der Waals surface area contributed by atoms with Crippen LogP contribution in [0.1, 0.15) is 47.0 Å². The Morgan fingerprint density at radius 3 is 2.38 bits per heavy atom. The van der Waals surface area contributed by atoms with Crippen LogP contribution in [0, 0.1) is 0 Å².